The standard InChI is InChI=1S/C32H26N2O2/c35-23-25-22-32(34(29-17-9-3-10-18-29)30-19-11-4-12-20-30)26(24-36)21-31(25)33(27-13-5-1-6-14-27)28-15-7-2-8-16-28/h1-23,36H,24H2. The minimum absolute atomic E-state index is 0.185. The second kappa shape index (κ2) is 10.7. The van der Waals surface area contributed by atoms with Crippen LogP contribution in [0.2, 0.25) is 0 Å². The molecule has 0 bridgehead atoms. The van der Waals surface area contributed by atoms with Gasteiger partial charge in [-0.25, -0.2) is 0 Å². The fourth-order valence-electron chi connectivity index (χ4n) is 4.42. The largest absolute Gasteiger partial charge is 0.392 e. The van der Waals surface area contributed by atoms with Crippen molar-refractivity contribution in [3.63, 3.8) is 0 Å². The summed E-state index contributed by atoms with van der Waals surface area (Å²) < 4.78 is 0. The Bertz CT molecular complexity index is 1340. The van der Waals surface area contributed by atoms with E-state index < -0.39 is 0 Å². The number of aliphatic hydroxyl groups excluding tert-OH is 1. The van der Waals surface area contributed by atoms with Crippen molar-refractivity contribution >= 4 is 40.4 Å². The lowest BCUT2D eigenvalue weighted by atomic mass is 10.0. The molecule has 5 aromatic rings. The molecule has 0 atom stereocenters. The van der Waals surface area contributed by atoms with Gasteiger partial charge in [0.05, 0.1) is 18.0 Å². The number of aliphatic hydroxyl groups is 1. The Kier molecular flexibility index (Phi) is 6.88. The molecule has 0 saturated heterocycles. The highest BCUT2D eigenvalue weighted by Gasteiger charge is 2.22. The molecule has 0 aliphatic carbocycles. The van der Waals surface area contributed by atoms with E-state index in [2.05, 4.69) is 4.90 Å². The van der Waals surface area contributed by atoms with E-state index in [0.29, 0.717) is 16.8 Å². The Balaban J connectivity index is 1.74. The van der Waals surface area contributed by atoms with Gasteiger partial charge in [-0.1, -0.05) is 72.8 Å². The molecule has 0 aliphatic rings. The Morgan fingerprint density at radius 1 is 0.528 bits per heavy atom. The third-order valence-corrected chi connectivity index (χ3v) is 6.06. The first-order valence-electron chi connectivity index (χ1n) is 11.8. The minimum Gasteiger partial charge on any atom is -0.392 e. The summed E-state index contributed by atoms with van der Waals surface area (Å²) in [5.74, 6) is 0. The molecule has 0 fully saturated rings. The van der Waals surface area contributed by atoms with Crippen LogP contribution < -0.4 is 9.80 Å². The fourth-order valence-corrected chi connectivity index (χ4v) is 4.42. The van der Waals surface area contributed by atoms with Crippen molar-refractivity contribution in [3.05, 3.63) is 145 Å². The van der Waals surface area contributed by atoms with Crippen LogP contribution in [0.3, 0.4) is 0 Å². The number of nitrogens with zero attached hydrogens (tertiary/aromatic N) is 2. The first kappa shape index (κ1) is 23.1. The molecular formula is C32H26N2O2. The number of benzene rings is 5. The Hall–Kier alpha value is -4.67. The summed E-state index contributed by atoms with van der Waals surface area (Å²) in [6.45, 7) is -0.185. The first-order valence-corrected chi connectivity index (χ1v) is 11.8. The zero-order valence-corrected chi connectivity index (χ0v) is 19.7. The summed E-state index contributed by atoms with van der Waals surface area (Å²) >= 11 is 0. The van der Waals surface area contributed by atoms with Crippen molar-refractivity contribution in [1.82, 2.24) is 0 Å². The van der Waals surface area contributed by atoms with Gasteiger partial charge in [0.25, 0.3) is 0 Å². The molecule has 4 nitrogen and oxygen atoms in total. The highest BCUT2D eigenvalue weighted by atomic mass is 16.3. The summed E-state index contributed by atoms with van der Waals surface area (Å²) in [5, 5.41) is 10.5. The molecule has 1 N–H and O–H groups in total. The van der Waals surface area contributed by atoms with Crippen LogP contribution in [0.4, 0.5) is 34.1 Å². The topological polar surface area (TPSA) is 43.8 Å². The zero-order chi connectivity index (χ0) is 24.7. The molecule has 176 valence electrons. The highest BCUT2D eigenvalue weighted by Crippen LogP contribution is 2.42. The molecular weight excluding hydrogens is 444 g/mol. The summed E-state index contributed by atoms with van der Waals surface area (Å²) in [6.07, 6.45) is 0.882. The van der Waals surface area contributed by atoms with Gasteiger partial charge >= 0.3 is 0 Å². The van der Waals surface area contributed by atoms with Gasteiger partial charge in [0.2, 0.25) is 0 Å². The summed E-state index contributed by atoms with van der Waals surface area (Å²) in [7, 11) is 0. The number of anilines is 6. The third-order valence-electron chi connectivity index (χ3n) is 6.06. The molecule has 4 heteroatoms. The summed E-state index contributed by atoms with van der Waals surface area (Å²) in [4.78, 5) is 16.6. The summed E-state index contributed by atoms with van der Waals surface area (Å²) in [5.41, 5.74) is 6.40. The highest BCUT2D eigenvalue weighted by molar-refractivity contribution is 5.94. The lowest BCUT2D eigenvalue weighted by molar-refractivity contribution is 0.112. The fraction of sp³-hybridized carbons (Fsp3) is 0.0312. The van der Waals surface area contributed by atoms with E-state index in [4.69, 9.17) is 0 Å². The molecule has 0 radical (unpaired) electrons. The normalized spacial score (nSPS) is 10.6. The summed E-state index contributed by atoms with van der Waals surface area (Å²) in [6, 6.07) is 43.6. The van der Waals surface area contributed by atoms with Crippen LogP contribution in [0, 0.1) is 0 Å². The van der Waals surface area contributed by atoms with Crippen molar-refractivity contribution in [1.29, 1.82) is 0 Å². The van der Waals surface area contributed by atoms with Gasteiger partial charge < -0.3 is 14.9 Å². The maximum Gasteiger partial charge on any atom is 0.152 e. The number of hydrogen-bond acceptors (Lipinski definition) is 4. The molecule has 36 heavy (non-hydrogen) atoms. The predicted molar refractivity (Wildman–Crippen MR) is 147 cm³/mol. The van der Waals surface area contributed by atoms with Gasteiger partial charge in [-0.15, -0.1) is 0 Å². The average molecular weight is 471 g/mol. The van der Waals surface area contributed by atoms with Crippen LogP contribution in [0.15, 0.2) is 133 Å². The van der Waals surface area contributed by atoms with Crippen molar-refractivity contribution in [3.8, 4) is 0 Å². The maximum atomic E-state index is 12.5. The van der Waals surface area contributed by atoms with E-state index in [0.717, 1.165) is 34.7 Å². The van der Waals surface area contributed by atoms with Crippen LogP contribution in [-0.2, 0) is 6.61 Å². The zero-order valence-electron chi connectivity index (χ0n) is 19.7. The molecule has 5 aromatic carbocycles. The molecule has 0 saturated carbocycles. The number of para-hydroxylation sites is 4. The van der Waals surface area contributed by atoms with Gasteiger partial charge in [-0.2, -0.15) is 0 Å². The predicted octanol–water partition coefficient (Wildman–Crippen LogP) is 7.93. The molecule has 0 unspecified atom stereocenters. The Labute approximate surface area is 211 Å². The van der Waals surface area contributed by atoms with Crippen molar-refractivity contribution in [2.75, 3.05) is 9.80 Å². The SMILES string of the molecule is O=Cc1cc(N(c2ccccc2)c2ccccc2)c(CO)cc1N(c1ccccc1)c1ccccc1. The van der Waals surface area contributed by atoms with Gasteiger partial charge in [-0.3, -0.25) is 4.79 Å². The minimum atomic E-state index is -0.185. The number of carbonyl (C=O) groups excluding carboxylic acids is 1. The molecule has 0 spiro atoms. The monoisotopic (exact) mass is 470 g/mol. The van der Waals surface area contributed by atoms with E-state index in [1.807, 2.05) is 138 Å². The van der Waals surface area contributed by atoms with Gasteiger partial charge in [0.15, 0.2) is 6.29 Å². The van der Waals surface area contributed by atoms with Crippen LogP contribution in [0.25, 0.3) is 0 Å². The van der Waals surface area contributed by atoms with E-state index in [9.17, 15) is 9.90 Å². The second-order valence-corrected chi connectivity index (χ2v) is 8.33. The average Bonchev–Trinajstić information content (AvgIpc) is 2.96. The van der Waals surface area contributed by atoms with Crippen molar-refractivity contribution < 1.29 is 9.90 Å². The first-order chi connectivity index (χ1) is 17.8. The van der Waals surface area contributed by atoms with Gasteiger partial charge in [0.1, 0.15) is 0 Å². The quantitative estimate of drug-likeness (QED) is 0.234. The van der Waals surface area contributed by atoms with Crippen molar-refractivity contribution in [2.45, 2.75) is 6.61 Å². The van der Waals surface area contributed by atoms with E-state index in [-0.39, 0.29) is 6.61 Å². The van der Waals surface area contributed by atoms with Crippen LogP contribution >= 0.6 is 0 Å². The van der Waals surface area contributed by atoms with Crippen LogP contribution in [0.1, 0.15) is 15.9 Å². The van der Waals surface area contributed by atoms with E-state index >= 15 is 0 Å². The molecule has 5 rings (SSSR count). The van der Waals surface area contributed by atoms with Gasteiger partial charge in [0, 0.05) is 33.9 Å². The molecule has 0 aromatic heterocycles. The van der Waals surface area contributed by atoms with E-state index in [1.54, 1.807) is 0 Å². The molecule has 0 aliphatic heterocycles. The lowest BCUT2D eigenvalue weighted by Gasteiger charge is -2.31. The molecule has 0 amide bonds. The Morgan fingerprint density at radius 3 is 1.22 bits per heavy atom. The van der Waals surface area contributed by atoms with Crippen molar-refractivity contribution in [2.24, 2.45) is 0 Å². The van der Waals surface area contributed by atoms with Crippen LogP contribution in [-0.4, -0.2) is 11.4 Å². The van der Waals surface area contributed by atoms with Crippen LogP contribution in [0.5, 0.6) is 0 Å². The number of carbonyl (C=O) groups is 1. The lowest BCUT2D eigenvalue weighted by Crippen LogP contribution is -2.16. The second-order valence-electron chi connectivity index (χ2n) is 8.33. The van der Waals surface area contributed by atoms with Gasteiger partial charge in [-0.05, 0) is 60.7 Å². The third kappa shape index (κ3) is 4.63. The Morgan fingerprint density at radius 2 is 0.889 bits per heavy atom. The van der Waals surface area contributed by atoms with E-state index in [1.165, 1.54) is 0 Å². The number of hydrogen-bond donors (Lipinski definition) is 1. The smallest absolute Gasteiger partial charge is 0.152 e. The maximum absolute atomic E-state index is 12.5. The number of rotatable bonds is 8. The number of aldehydes is 1. The molecule has 0 heterocycles.